The summed E-state index contributed by atoms with van der Waals surface area (Å²) in [7, 11) is -4.33. The lowest BCUT2D eigenvalue weighted by Gasteiger charge is -1.96. The lowest BCUT2D eigenvalue weighted by Crippen LogP contribution is -2.03. The summed E-state index contributed by atoms with van der Waals surface area (Å²) in [5.41, 5.74) is -0.306. The van der Waals surface area contributed by atoms with Crippen molar-refractivity contribution in [3.63, 3.8) is 0 Å². The smallest absolute Gasteiger partial charge is 0.332 e. The van der Waals surface area contributed by atoms with E-state index in [2.05, 4.69) is 0 Å². The van der Waals surface area contributed by atoms with Crippen molar-refractivity contribution in [3.05, 3.63) is 11.0 Å². The first kappa shape index (κ1) is 11.1. The summed E-state index contributed by atoms with van der Waals surface area (Å²) < 4.78 is 28.8. The van der Waals surface area contributed by atoms with E-state index in [1.807, 2.05) is 0 Å². The van der Waals surface area contributed by atoms with E-state index in [0.29, 0.717) is 11.8 Å². The number of carboxylic acid groups (broad SMARTS) is 1. The molecule has 0 aromatic heterocycles. The van der Waals surface area contributed by atoms with Gasteiger partial charge < -0.3 is 5.11 Å². The molecule has 0 heterocycles. The molecule has 0 spiro atoms. The van der Waals surface area contributed by atoms with Gasteiger partial charge in [-0.05, 0) is 6.42 Å². The van der Waals surface area contributed by atoms with E-state index in [1.165, 1.54) is 0 Å². The van der Waals surface area contributed by atoms with Gasteiger partial charge in [-0.2, -0.15) is 8.42 Å². The van der Waals surface area contributed by atoms with Crippen molar-refractivity contribution < 1.29 is 22.9 Å². The summed E-state index contributed by atoms with van der Waals surface area (Å²) in [6.07, 6.45) is 0.628. The van der Waals surface area contributed by atoms with Gasteiger partial charge in [0.25, 0.3) is 10.1 Å². The fourth-order valence-corrected chi connectivity index (χ4v) is 1.24. The molecular weight excluding hydrogens is 184 g/mol. The largest absolute Gasteiger partial charge is 0.478 e. The highest BCUT2D eigenvalue weighted by atomic mass is 32.2. The molecule has 0 aliphatic heterocycles. The number of hydrogen-bond donors (Lipinski definition) is 2. The summed E-state index contributed by atoms with van der Waals surface area (Å²) >= 11 is 0. The highest BCUT2D eigenvalue weighted by Gasteiger charge is 2.10. The lowest BCUT2D eigenvalue weighted by molar-refractivity contribution is -0.132. The van der Waals surface area contributed by atoms with Crippen molar-refractivity contribution in [1.29, 1.82) is 0 Å². The zero-order valence-corrected chi connectivity index (χ0v) is 7.34. The van der Waals surface area contributed by atoms with Crippen LogP contribution in [-0.2, 0) is 14.9 Å². The number of carbonyl (C=O) groups is 1. The summed E-state index contributed by atoms with van der Waals surface area (Å²) in [5, 5.41) is 8.78. The second-order valence-corrected chi connectivity index (χ2v) is 3.48. The fourth-order valence-electron chi connectivity index (χ4n) is 0.665. The predicted octanol–water partition coefficient (Wildman–Crippen LogP) is 0.643. The van der Waals surface area contributed by atoms with Crippen molar-refractivity contribution in [2.45, 2.75) is 19.8 Å². The van der Waals surface area contributed by atoms with E-state index in [0.717, 1.165) is 0 Å². The second kappa shape index (κ2) is 4.22. The zero-order valence-electron chi connectivity index (χ0n) is 6.52. The average Bonchev–Trinajstić information content (AvgIpc) is 1.83. The van der Waals surface area contributed by atoms with Crippen LogP contribution in [0, 0.1) is 0 Å². The van der Waals surface area contributed by atoms with Crippen LogP contribution in [0.3, 0.4) is 0 Å². The molecule has 5 nitrogen and oxygen atoms in total. The van der Waals surface area contributed by atoms with Crippen LogP contribution in [0.15, 0.2) is 11.0 Å². The monoisotopic (exact) mass is 194 g/mol. The van der Waals surface area contributed by atoms with E-state index < -0.39 is 16.1 Å². The molecule has 12 heavy (non-hydrogen) atoms. The third-order valence-corrected chi connectivity index (χ3v) is 1.67. The van der Waals surface area contributed by atoms with Gasteiger partial charge in [-0.15, -0.1) is 0 Å². The number of rotatable bonds is 4. The van der Waals surface area contributed by atoms with E-state index in [9.17, 15) is 13.2 Å². The number of aliphatic carboxylic acids is 1. The van der Waals surface area contributed by atoms with Crippen molar-refractivity contribution in [1.82, 2.24) is 0 Å². The Morgan fingerprint density at radius 2 is 2.00 bits per heavy atom. The Hall–Kier alpha value is -0.880. The third kappa shape index (κ3) is 4.86. The van der Waals surface area contributed by atoms with Gasteiger partial charge in [0.1, 0.15) is 0 Å². The Bertz CT molecular complexity index is 287. The maximum Gasteiger partial charge on any atom is 0.332 e. The number of carboxylic acids is 1. The molecule has 0 aromatic carbocycles. The molecule has 0 bridgehead atoms. The Morgan fingerprint density at radius 1 is 1.50 bits per heavy atom. The Kier molecular flexibility index (Phi) is 3.91. The van der Waals surface area contributed by atoms with E-state index in [4.69, 9.17) is 9.66 Å². The van der Waals surface area contributed by atoms with Crippen LogP contribution in [0.25, 0.3) is 0 Å². The summed E-state index contributed by atoms with van der Waals surface area (Å²) in [5.74, 6) is -1.32. The maximum atomic E-state index is 10.3. The molecule has 0 rings (SSSR count). The van der Waals surface area contributed by atoms with Crippen molar-refractivity contribution in [3.8, 4) is 0 Å². The van der Waals surface area contributed by atoms with Crippen LogP contribution < -0.4 is 0 Å². The summed E-state index contributed by atoms with van der Waals surface area (Å²) in [4.78, 5) is 10.3. The summed E-state index contributed by atoms with van der Waals surface area (Å²) in [6.45, 7) is 1.71. The first-order chi connectivity index (χ1) is 5.37. The van der Waals surface area contributed by atoms with Gasteiger partial charge in [0.2, 0.25) is 0 Å². The van der Waals surface area contributed by atoms with E-state index in [-0.39, 0.29) is 12.0 Å². The molecule has 0 fully saturated rings. The van der Waals surface area contributed by atoms with Gasteiger partial charge in [-0.3, -0.25) is 4.55 Å². The maximum absolute atomic E-state index is 10.3. The van der Waals surface area contributed by atoms with E-state index in [1.54, 1.807) is 6.92 Å². The molecule has 0 saturated heterocycles. The molecule has 0 aliphatic carbocycles. The first-order valence-electron chi connectivity index (χ1n) is 3.28. The minimum Gasteiger partial charge on any atom is -0.478 e. The van der Waals surface area contributed by atoms with Crippen LogP contribution in [0.2, 0.25) is 0 Å². The molecule has 0 atom stereocenters. The molecule has 6 heteroatoms. The lowest BCUT2D eigenvalue weighted by atomic mass is 10.2. The van der Waals surface area contributed by atoms with Gasteiger partial charge in [0.15, 0.2) is 0 Å². The molecule has 0 saturated carbocycles. The third-order valence-electron chi connectivity index (χ3n) is 1.09. The fraction of sp³-hybridized carbons (Fsp3) is 0.500. The van der Waals surface area contributed by atoms with Gasteiger partial charge in [0.05, 0.1) is 11.0 Å². The van der Waals surface area contributed by atoms with Crippen LogP contribution in [0.5, 0.6) is 0 Å². The molecule has 0 unspecified atom stereocenters. The first-order valence-corrected chi connectivity index (χ1v) is 4.78. The van der Waals surface area contributed by atoms with Gasteiger partial charge in [-0.1, -0.05) is 13.3 Å². The van der Waals surface area contributed by atoms with Crippen LogP contribution in [-0.4, -0.2) is 24.0 Å². The molecule has 2 N–H and O–H groups in total. The van der Waals surface area contributed by atoms with E-state index >= 15 is 0 Å². The van der Waals surface area contributed by atoms with Crippen LogP contribution in [0.4, 0.5) is 0 Å². The normalized spacial score (nSPS) is 13.0. The highest BCUT2D eigenvalue weighted by molar-refractivity contribution is 7.88. The van der Waals surface area contributed by atoms with Gasteiger partial charge >= 0.3 is 5.97 Å². The summed E-state index contributed by atoms with van der Waals surface area (Å²) in [6, 6.07) is 0. The Balaban J connectivity index is 4.74. The van der Waals surface area contributed by atoms with Gasteiger partial charge in [0, 0.05) is 0 Å². The van der Waals surface area contributed by atoms with Crippen molar-refractivity contribution in [2.24, 2.45) is 0 Å². The predicted molar refractivity (Wildman–Crippen MR) is 42.2 cm³/mol. The molecule has 0 aliphatic rings. The zero-order chi connectivity index (χ0) is 9.78. The second-order valence-electron chi connectivity index (χ2n) is 2.21. The SMILES string of the molecule is CCCC(=CS(=O)(=O)O)C(=O)O. The molecule has 0 radical (unpaired) electrons. The standard InChI is InChI=1S/C6H10O5S/c1-2-3-5(6(7)8)4-12(9,10)11/h4H,2-3H2,1H3,(H,7,8)(H,9,10,11). The topological polar surface area (TPSA) is 91.7 Å². The molecular formula is C6H10O5S. The Morgan fingerprint density at radius 3 is 2.25 bits per heavy atom. The average molecular weight is 194 g/mol. The number of hydrogen-bond acceptors (Lipinski definition) is 3. The Labute approximate surface area is 70.5 Å². The minimum atomic E-state index is -4.33. The quantitative estimate of drug-likeness (QED) is 0.506. The molecule has 0 amide bonds. The van der Waals surface area contributed by atoms with Crippen LogP contribution in [0.1, 0.15) is 19.8 Å². The molecule has 0 aromatic rings. The molecule has 70 valence electrons. The van der Waals surface area contributed by atoms with Crippen molar-refractivity contribution in [2.75, 3.05) is 0 Å². The van der Waals surface area contributed by atoms with Crippen LogP contribution >= 0.6 is 0 Å². The van der Waals surface area contributed by atoms with Crippen molar-refractivity contribution >= 4 is 16.1 Å². The van der Waals surface area contributed by atoms with Gasteiger partial charge in [-0.25, -0.2) is 4.79 Å². The highest BCUT2D eigenvalue weighted by Crippen LogP contribution is 2.06. The minimum absolute atomic E-state index is 0.120.